The van der Waals surface area contributed by atoms with Gasteiger partial charge in [0.1, 0.15) is 0 Å². The number of carbonyl (C=O) groups excluding carboxylic acids is 1. The second-order valence-electron chi connectivity index (χ2n) is 7.05. The normalized spacial score (nSPS) is 21.7. The van der Waals surface area contributed by atoms with Gasteiger partial charge in [-0.1, -0.05) is 48.3 Å². The number of amides is 1. The summed E-state index contributed by atoms with van der Waals surface area (Å²) >= 11 is 0. The van der Waals surface area contributed by atoms with Gasteiger partial charge in [0.15, 0.2) is 0 Å². The Bertz CT molecular complexity index is 723. The molecule has 6 nitrogen and oxygen atoms in total. The van der Waals surface area contributed by atoms with Crippen LogP contribution in [-0.4, -0.2) is 34.3 Å². The summed E-state index contributed by atoms with van der Waals surface area (Å²) in [6.45, 7) is 0.629. The molecule has 132 valence electrons. The Labute approximate surface area is 147 Å². The first kappa shape index (κ1) is 16.3. The molecule has 1 atom stereocenters. The first-order valence-electron chi connectivity index (χ1n) is 9.04. The minimum atomic E-state index is 0.0168. The fourth-order valence-electron chi connectivity index (χ4n) is 3.89. The molecular formula is C19H23N3O3. The Morgan fingerprint density at radius 2 is 2.04 bits per heavy atom. The van der Waals surface area contributed by atoms with E-state index in [9.17, 15) is 4.79 Å². The van der Waals surface area contributed by atoms with E-state index in [4.69, 9.17) is 9.26 Å². The maximum absolute atomic E-state index is 12.2. The molecule has 1 N–H and O–H groups in total. The lowest BCUT2D eigenvalue weighted by Crippen LogP contribution is -2.36. The van der Waals surface area contributed by atoms with Crippen LogP contribution in [0.5, 0.6) is 0 Å². The number of aryl methyl sites for hydroxylation is 1. The summed E-state index contributed by atoms with van der Waals surface area (Å²) in [5.74, 6) is 1.07. The zero-order valence-corrected chi connectivity index (χ0v) is 14.2. The van der Waals surface area contributed by atoms with Crippen molar-refractivity contribution in [3.05, 3.63) is 36.2 Å². The third-order valence-corrected chi connectivity index (χ3v) is 5.16. The number of aromatic nitrogens is 2. The second kappa shape index (κ2) is 6.96. The summed E-state index contributed by atoms with van der Waals surface area (Å²) in [5.41, 5.74) is 0.946. The molecule has 0 radical (unpaired) electrons. The van der Waals surface area contributed by atoms with E-state index in [1.54, 1.807) is 0 Å². The molecule has 25 heavy (non-hydrogen) atoms. The quantitative estimate of drug-likeness (QED) is 0.905. The van der Waals surface area contributed by atoms with Crippen molar-refractivity contribution in [2.75, 3.05) is 6.61 Å². The Morgan fingerprint density at radius 3 is 2.84 bits per heavy atom. The van der Waals surface area contributed by atoms with E-state index in [0.717, 1.165) is 24.8 Å². The molecule has 1 aromatic carbocycles. The molecule has 0 bridgehead atoms. The number of hydrogen-bond donors (Lipinski definition) is 1. The number of nitrogens with one attached hydrogen (secondary N) is 1. The van der Waals surface area contributed by atoms with Gasteiger partial charge in [-0.3, -0.25) is 4.79 Å². The molecule has 2 fully saturated rings. The highest BCUT2D eigenvalue weighted by Crippen LogP contribution is 2.40. The monoisotopic (exact) mass is 341 g/mol. The Balaban J connectivity index is 1.26. The standard InChI is InChI=1S/C19H23N3O3/c23-16(20-15-12-19(24-13-15)10-4-5-11-19)8-9-17-21-18(22-25-17)14-6-2-1-3-7-14/h1-3,6-7,15H,4-5,8-13H2,(H,20,23). The van der Waals surface area contributed by atoms with Crippen molar-refractivity contribution in [2.45, 2.75) is 56.6 Å². The minimum Gasteiger partial charge on any atom is -0.373 e. The fraction of sp³-hybridized carbons (Fsp3) is 0.526. The lowest BCUT2D eigenvalue weighted by molar-refractivity contribution is -0.121. The van der Waals surface area contributed by atoms with Gasteiger partial charge < -0.3 is 14.6 Å². The zero-order chi connectivity index (χ0) is 17.1. The van der Waals surface area contributed by atoms with Crippen LogP contribution in [0, 0.1) is 0 Å². The van der Waals surface area contributed by atoms with Gasteiger partial charge in [-0.15, -0.1) is 0 Å². The van der Waals surface area contributed by atoms with Crippen molar-refractivity contribution in [2.24, 2.45) is 0 Å². The molecule has 2 aromatic rings. The van der Waals surface area contributed by atoms with Gasteiger partial charge in [0.05, 0.1) is 18.2 Å². The van der Waals surface area contributed by atoms with Crippen LogP contribution in [0.25, 0.3) is 11.4 Å². The Hall–Kier alpha value is -2.21. The third-order valence-electron chi connectivity index (χ3n) is 5.16. The lowest BCUT2D eigenvalue weighted by atomic mass is 9.96. The summed E-state index contributed by atoms with van der Waals surface area (Å²) in [7, 11) is 0. The number of rotatable bonds is 5. The average molecular weight is 341 g/mol. The first-order chi connectivity index (χ1) is 12.2. The molecule has 1 unspecified atom stereocenters. The van der Waals surface area contributed by atoms with E-state index in [-0.39, 0.29) is 17.6 Å². The minimum absolute atomic E-state index is 0.0168. The molecule has 6 heteroatoms. The van der Waals surface area contributed by atoms with Crippen LogP contribution in [0.15, 0.2) is 34.9 Å². The predicted molar refractivity (Wildman–Crippen MR) is 91.8 cm³/mol. The third kappa shape index (κ3) is 3.74. The van der Waals surface area contributed by atoms with Gasteiger partial charge in [0.2, 0.25) is 17.6 Å². The molecule has 1 amide bonds. The van der Waals surface area contributed by atoms with Gasteiger partial charge in [-0.05, 0) is 19.3 Å². The van der Waals surface area contributed by atoms with Crippen molar-refractivity contribution < 1.29 is 14.1 Å². The summed E-state index contributed by atoms with van der Waals surface area (Å²) in [6.07, 6.45) is 6.47. The summed E-state index contributed by atoms with van der Waals surface area (Å²) in [6, 6.07) is 9.80. The van der Waals surface area contributed by atoms with Gasteiger partial charge in [0.25, 0.3) is 0 Å². The molecule has 1 saturated heterocycles. The van der Waals surface area contributed by atoms with E-state index < -0.39 is 0 Å². The van der Waals surface area contributed by atoms with E-state index in [2.05, 4.69) is 15.5 Å². The van der Waals surface area contributed by atoms with Crippen molar-refractivity contribution in [3.8, 4) is 11.4 Å². The number of nitrogens with zero attached hydrogens (tertiary/aromatic N) is 2. The highest BCUT2D eigenvalue weighted by Gasteiger charge is 2.42. The Kier molecular flexibility index (Phi) is 4.53. The Morgan fingerprint density at radius 1 is 1.24 bits per heavy atom. The molecule has 4 rings (SSSR count). The predicted octanol–water partition coefficient (Wildman–Crippen LogP) is 2.89. The van der Waals surface area contributed by atoms with E-state index in [0.29, 0.717) is 31.2 Å². The van der Waals surface area contributed by atoms with Crippen molar-refractivity contribution in [1.29, 1.82) is 0 Å². The molecule has 2 aliphatic rings. The van der Waals surface area contributed by atoms with E-state index in [1.807, 2.05) is 30.3 Å². The highest BCUT2D eigenvalue weighted by molar-refractivity contribution is 5.76. The maximum atomic E-state index is 12.2. The number of hydrogen-bond acceptors (Lipinski definition) is 5. The fourth-order valence-corrected chi connectivity index (χ4v) is 3.89. The summed E-state index contributed by atoms with van der Waals surface area (Å²) < 4.78 is 11.2. The molecule has 1 aromatic heterocycles. The van der Waals surface area contributed by atoms with Crippen molar-refractivity contribution >= 4 is 5.91 Å². The number of benzene rings is 1. The molecular weight excluding hydrogens is 318 g/mol. The first-order valence-corrected chi connectivity index (χ1v) is 9.04. The second-order valence-corrected chi connectivity index (χ2v) is 7.05. The number of carbonyl (C=O) groups is 1. The molecule has 1 aliphatic carbocycles. The smallest absolute Gasteiger partial charge is 0.227 e. The maximum Gasteiger partial charge on any atom is 0.227 e. The zero-order valence-electron chi connectivity index (χ0n) is 14.2. The van der Waals surface area contributed by atoms with Gasteiger partial charge in [-0.25, -0.2) is 0 Å². The SMILES string of the molecule is O=C(CCc1nc(-c2ccccc2)no1)NC1COC2(CCCC2)C1. The van der Waals surface area contributed by atoms with Crippen LogP contribution < -0.4 is 5.32 Å². The van der Waals surface area contributed by atoms with Crippen molar-refractivity contribution in [3.63, 3.8) is 0 Å². The van der Waals surface area contributed by atoms with Crippen LogP contribution in [0.4, 0.5) is 0 Å². The molecule has 1 spiro atoms. The van der Waals surface area contributed by atoms with Crippen LogP contribution in [0.1, 0.15) is 44.4 Å². The van der Waals surface area contributed by atoms with Crippen LogP contribution in [0.2, 0.25) is 0 Å². The lowest BCUT2D eigenvalue weighted by Gasteiger charge is -2.21. The summed E-state index contributed by atoms with van der Waals surface area (Å²) in [5, 5.41) is 7.06. The largest absolute Gasteiger partial charge is 0.373 e. The molecule has 1 saturated carbocycles. The number of ether oxygens (including phenoxy) is 1. The molecule has 1 aliphatic heterocycles. The van der Waals surface area contributed by atoms with Crippen LogP contribution in [-0.2, 0) is 16.0 Å². The highest BCUT2D eigenvalue weighted by atomic mass is 16.5. The van der Waals surface area contributed by atoms with Gasteiger partial charge in [-0.2, -0.15) is 4.98 Å². The van der Waals surface area contributed by atoms with Crippen LogP contribution in [0.3, 0.4) is 0 Å². The van der Waals surface area contributed by atoms with E-state index >= 15 is 0 Å². The van der Waals surface area contributed by atoms with Crippen molar-refractivity contribution in [1.82, 2.24) is 15.5 Å². The molecule has 2 heterocycles. The van der Waals surface area contributed by atoms with Gasteiger partial charge in [0, 0.05) is 18.4 Å². The topological polar surface area (TPSA) is 77.2 Å². The van der Waals surface area contributed by atoms with Crippen LogP contribution >= 0.6 is 0 Å². The van der Waals surface area contributed by atoms with E-state index in [1.165, 1.54) is 12.8 Å². The average Bonchev–Trinajstić information content (AvgIpc) is 3.37. The van der Waals surface area contributed by atoms with Gasteiger partial charge >= 0.3 is 0 Å². The summed E-state index contributed by atoms with van der Waals surface area (Å²) in [4.78, 5) is 16.6.